The van der Waals surface area contributed by atoms with E-state index in [0.29, 0.717) is 0 Å². The van der Waals surface area contributed by atoms with E-state index in [1.54, 1.807) is 0 Å². The summed E-state index contributed by atoms with van der Waals surface area (Å²) in [6, 6.07) is 19.5. The van der Waals surface area contributed by atoms with Crippen LogP contribution in [0.2, 0.25) is 0 Å². The van der Waals surface area contributed by atoms with Crippen molar-refractivity contribution < 1.29 is 4.42 Å². The molecular weight excluding hydrogens is 665 g/mol. The van der Waals surface area contributed by atoms with Crippen LogP contribution in [-0.2, 0) is 27.1 Å². The maximum absolute atomic E-state index is 6.81. The smallest absolute Gasteiger partial charge is 0.228 e. The summed E-state index contributed by atoms with van der Waals surface area (Å²) in [5.74, 6) is 0. The highest BCUT2D eigenvalue weighted by molar-refractivity contribution is 7.26. The number of nitrogens with zero attached hydrogens (tertiary/aromatic N) is 2. The Labute approximate surface area is 317 Å². The van der Waals surface area contributed by atoms with Gasteiger partial charge < -0.3 is 8.82 Å². The first kappa shape index (κ1) is 34.6. The predicted molar refractivity (Wildman–Crippen MR) is 233 cm³/mol. The summed E-state index contributed by atoms with van der Waals surface area (Å²) >= 11 is 1.96. The first-order valence-electron chi connectivity index (χ1n) is 19.4. The molecule has 5 heterocycles. The Hall–Kier alpha value is -4.15. The molecular formula is C49H54N2OS. The highest BCUT2D eigenvalue weighted by Gasteiger charge is 2.31. The third-order valence-electron chi connectivity index (χ3n) is 11.9. The number of hydrogen-bond donors (Lipinski definition) is 0. The molecule has 5 aromatic heterocycles. The van der Waals surface area contributed by atoms with Crippen LogP contribution in [0.4, 0.5) is 0 Å². The van der Waals surface area contributed by atoms with Gasteiger partial charge in [0.25, 0.3) is 0 Å². The molecule has 0 saturated carbocycles. The zero-order valence-electron chi connectivity index (χ0n) is 34.4. The molecule has 0 spiro atoms. The minimum absolute atomic E-state index is 0.0154. The summed E-state index contributed by atoms with van der Waals surface area (Å²) in [6.07, 6.45) is 2.07. The molecule has 3 nitrogen and oxygen atoms in total. The third kappa shape index (κ3) is 4.86. The molecule has 0 unspecified atom stereocenters. The van der Waals surface area contributed by atoms with Crippen molar-refractivity contribution in [1.29, 1.82) is 0 Å². The van der Waals surface area contributed by atoms with Gasteiger partial charge in [0.05, 0.1) is 28.1 Å². The molecule has 4 aromatic carbocycles. The van der Waals surface area contributed by atoms with Gasteiger partial charge in [-0.15, -0.1) is 11.3 Å². The van der Waals surface area contributed by atoms with E-state index in [9.17, 15) is 0 Å². The molecule has 0 fully saturated rings. The molecule has 0 aliphatic heterocycles. The highest BCUT2D eigenvalue weighted by Crippen LogP contribution is 2.51. The van der Waals surface area contributed by atoms with Crippen LogP contribution in [0.25, 0.3) is 80.3 Å². The van der Waals surface area contributed by atoms with Gasteiger partial charge in [-0.1, -0.05) is 116 Å². The van der Waals surface area contributed by atoms with Crippen LogP contribution >= 0.6 is 11.3 Å². The Morgan fingerprint density at radius 3 is 1.58 bits per heavy atom. The predicted octanol–water partition coefficient (Wildman–Crippen LogP) is 15.0. The molecule has 0 aliphatic carbocycles. The van der Waals surface area contributed by atoms with E-state index < -0.39 is 0 Å². The first-order valence-corrected chi connectivity index (χ1v) is 20.2. The molecule has 0 amide bonds. The second-order valence-electron chi connectivity index (χ2n) is 21.0. The Morgan fingerprint density at radius 2 is 1.02 bits per heavy atom. The summed E-state index contributed by atoms with van der Waals surface area (Å²) in [4.78, 5) is 5.13. The van der Waals surface area contributed by atoms with E-state index in [0.717, 1.165) is 22.2 Å². The minimum atomic E-state index is -0.0914. The minimum Gasteiger partial charge on any atom is -0.437 e. The fourth-order valence-electron chi connectivity index (χ4n) is 8.73. The van der Waals surface area contributed by atoms with Crippen LogP contribution in [0.5, 0.6) is 0 Å². The normalized spacial score (nSPS) is 14.3. The van der Waals surface area contributed by atoms with Gasteiger partial charge >= 0.3 is 0 Å². The Bertz CT molecular complexity index is 2810. The van der Waals surface area contributed by atoms with Crippen LogP contribution in [-0.4, -0.2) is 9.38 Å². The number of aromatic nitrogens is 2. The molecule has 0 atom stereocenters. The number of benzene rings is 4. The van der Waals surface area contributed by atoms with Gasteiger partial charge in [-0.2, -0.15) is 0 Å². The van der Waals surface area contributed by atoms with Gasteiger partial charge in [-0.25, -0.2) is 4.98 Å². The largest absolute Gasteiger partial charge is 0.437 e. The van der Waals surface area contributed by atoms with Crippen molar-refractivity contribution in [3.05, 3.63) is 82.5 Å². The maximum atomic E-state index is 6.81. The lowest BCUT2D eigenvalue weighted by atomic mass is 9.79. The first-order chi connectivity index (χ1) is 24.4. The lowest BCUT2D eigenvalue weighted by Crippen LogP contribution is -2.16. The van der Waals surface area contributed by atoms with Crippen molar-refractivity contribution in [2.24, 2.45) is 0 Å². The quantitative estimate of drug-likeness (QED) is 0.156. The molecule has 53 heavy (non-hydrogen) atoms. The van der Waals surface area contributed by atoms with Crippen LogP contribution in [0.1, 0.15) is 132 Å². The lowest BCUT2D eigenvalue weighted by molar-refractivity contribution is 0.557. The molecule has 9 aromatic rings. The van der Waals surface area contributed by atoms with Gasteiger partial charge in [0, 0.05) is 52.7 Å². The summed E-state index contributed by atoms with van der Waals surface area (Å²) in [5, 5.41) is 10.3. The highest BCUT2D eigenvalue weighted by atomic mass is 32.1. The molecule has 0 bridgehead atoms. The average molecular weight is 719 g/mol. The van der Waals surface area contributed by atoms with E-state index in [1.165, 1.54) is 86.0 Å². The van der Waals surface area contributed by atoms with Crippen LogP contribution < -0.4 is 0 Å². The number of thiophene rings is 1. The molecule has 0 saturated heterocycles. The fourth-order valence-corrected chi connectivity index (χ4v) is 10.1. The molecule has 0 radical (unpaired) electrons. The van der Waals surface area contributed by atoms with E-state index in [4.69, 9.17) is 9.40 Å². The van der Waals surface area contributed by atoms with E-state index >= 15 is 0 Å². The van der Waals surface area contributed by atoms with Crippen molar-refractivity contribution in [2.45, 2.75) is 131 Å². The summed E-state index contributed by atoms with van der Waals surface area (Å²) < 4.78 is 12.1. The van der Waals surface area contributed by atoms with Crippen LogP contribution in [0.15, 0.2) is 59.1 Å². The topological polar surface area (TPSA) is 30.4 Å². The third-order valence-corrected chi connectivity index (χ3v) is 13.1. The maximum Gasteiger partial charge on any atom is 0.228 e. The Balaban J connectivity index is 1.53. The summed E-state index contributed by atoms with van der Waals surface area (Å²) in [7, 11) is 0. The summed E-state index contributed by atoms with van der Waals surface area (Å²) in [5.41, 5.74) is 12.0. The van der Waals surface area contributed by atoms with E-state index in [1.807, 2.05) is 11.3 Å². The molecule has 0 aliphatic rings. The monoisotopic (exact) mass is 718 g/mol. The van der Waals surface area contributed by atoms with Crippen molar-refractivity contribution in [1.82, 2.24) is 9.38 Å². The van der Waals surface area contributed by atoms with Crippen molar-refractivity contribution >= 4 is 91.7 Å². The van der Waals surface area contributed by atoms with Gasteiger partial charge in [-0.3, -0.25) is 0 Å². The molecule has 9 rings (SSSR count). The van der Waals surface area contributed by atoms with Crippen molar-refractivity contribution in [2.75, 3.05) is 0 Å². The van der Waals surface area contributed by atoms with Gasteiger partial charge in [-0.05, 0) is 85.7 Å². The van der Waals surface area contributed by atoms with Gasteiger partial charge in [0.2, 0.25) is 5.71 Å². The second kappa shape index (κ2) is 10.3. The lowest BCUT2D eigenvalue weighted by Gasteiger charge is -2.25. The average Bonchev–Trinajstić information content (AvgIpc) is 3.76. The number of furan rings is 1. The van der Waals surface area contributed by atoms with E-state index in [2.05, 4.69) is 163 Å². The zero-order valence-corrected chi connectivity index (χ0v) is 35.2. The zero-order chi connectivity index (χ0) is 38.1. The number of pyridine rings is 1. The molecule has 0 N–H and O–H groups in total. The number of fused-ring (bicyclic) bond motifs is 14. The Kier molecular flexibility index (Phi) is 6.74. The molecule has 4 heteroatoms. The van der Waals surface area contributed by atoms with Crippen molar-refractivity contribution in [3.8, 4) is 0 Å². The second-order valence-corrected chi connectivity index (χ2v) is 22.1. The van der Waals surface area contributed by atoms with Gasteiger partial charge in [0.1, 0.15) is 5.58 Å². The van der Waals surface area contributed by atoms with Crippen LogP contribution in [0, 0.1) is 0 Å². The van der Waals surface area contributed by atoms with Crippen molar-refractivity contribution in [3.63, 3.8) is 0 Å². The number of hydrogen-bond acceptors (Lipinski definition) is 3. The Morgan fingerprint density at radius 1 is 0.509 bits per heavy atom. The standard InChI is InChI=1S/C49H54N2OS/c1-45(2,3)25-18-28-37-34(16-17-36-39(37)31-21-27(47(7,8)9)23-33(43(31)53-36)49(13,14)15)51-35-24-50-44-40(38(35)29(19-25)41(28)51)30-20-26(46(4,5)6)22-32(42(30)52-44)48(10,11)12/h16-24H,1-15H3. The number of rotatable bonds is 0. The summed E-state index contributed by atoms with van der Waals surface area (Å²) in [6.45, 7) is 34.9. The fraction of sp³-hybridized carbons (Fsp3) is 0.408. The molecule has 272 valence electrons. The van der Waals surface area contributed by atoms with E-state index in [-0.39, 0.29) is 27.1 Å². The van der Waals surface area contributed by atoms with Crippen LogP contribution in [0.3, 0.4) is 0 Å². The SMILES string of the molecule is CC(C)(C)c1cc(C(C)(C)C)c2oc3ncc4c(c5cc(C(C)(C)C)cc6c7c8c(ccc7n4c56)sc4c(C(C)(C)C)cc(C(C)(C)C)cc48)c3c2c1. The van der Waals surface area contributed by atoms with Gasteiger partial charge in [0.15, 0.2) is 0 Å².